The second-order valence-electron chi connectivity index (χ2n) is 10.7. The van der Waals surface area contributed by atoms with Gasteiger partial charge in [0.1, 0.15) is 0 Å². The van der Waals surface area contributed by atoms with E-state index in [-0.39, 0.29) is 5.41 Å². The molecule has 0 bridgehead atoms. The van der Waals surface area contributed by atoms with Crippen LogP contribution in [0.4, 0.5) is 0 Å². The largest absolute Gasteiger partial charge is 0.198 e. The SMILES string of the molecule is CCCCCCCCCC1CCC(C2CCC(C#N)(CCCCCC)CC2)CC1. The quantitative estimate of drug-likeness (QED) is 0.266. The maximum atomic E-state index is 9.84. The van der Waals surface area contributed by atoms with Gasteiger partial charge in [0.05, 0.1) is 11.5 Å². The Labute approximate surface area is 183 Å². The van der Waals surface area contributed by atoms with Crippen LogP contribution in [0.25, 0.3) is 0 Å². The highest BCUT2D eigenvalue weighted by atomic mass is 14.4. The van der Waals surface area contributed by atoms with Crippen molar-refractivity contribution in [2.24, 2.45) is 23.2 Å². The summed E-state index contributed by atoms with van der Waals surface area (Å²) in [5.74, 6) is 2.95. The normalized spacial score (nSPS) is 30.2. The van der Waals surface area contributed by atoms with Gasteiger partial charge in [0.2, 0.25) is 0 Å². The molecule has 2 aliphatic carbocycles. The van der Waals surface area contributed by atoms with E-state index in [1.54, 1.807) is 0 Å². The predicted molar refractivity (Wildman–Crippen MR) is 127 cm³/mol. The van der Waals surface area contributed by atoms with E-state index in [1.807, 2.05) is 0 Å². The standard InChI is InChI=1S/C28H51N/c1-3-5-7-9-10-11-12-14-25-15-17-26(18-16-25)27-19-22-28(24-29,23-20-27)21-13-8-6-4-2/h25-27H,3-23H2,1-2H3. The molecule has 0 aromatic rings. The molecule has 0 saturated heterocycles. The Morgan fingerprint density at radius 3 is 1.76 bits per heavy atom. The van der Waals surface area contributed by atoms with E-state index in [0.717, 1.165) is 17.8 Å². The van der Waals surface area contributed by atoms with Crippen LogP contribution in [-0.2, 0) is 0 Å². The Morgan fingerprint density at radius 1 is 0.655 bits per heavy atom. The van der Waals surface area contributed by atoms with Gasteiger partial charge >= 0.3 is 0 Å². The second-order valence-corrected chi connectivity index (χ2v) is 10.7. The highest BCUT2D eigenvalue weighted by Crippen LogP contribution is 2.47. The fraction of sp³-hybridized carbons (Fsp3) is 0.964. The molecule has 0 spiro atoms. The van der Waals surface area contributed by atoms with Crippen LogP contribution in [0.1, 0.15) is 149 Å². The van der Waals surface area contributed by atoms with Gasteiger partial charge in [0.15, 0.2) is 0 Å². The van der Waals surface area contributed by atoms with Crippen molar-refractivity contribution in [1.82, 2.24) is 0 Å². The average molecular weight is 402 g/mol. The summed E-state index contributed by atoms with van der Waals surface area (Å²) < 4.78 is 0. The van der Waals surface area contributed by atoms with Crippen molar-refractivity contribution in [2.45, 2.75) is 149 Å². The predicted octanol–water partition coefficient (Wildman–Crippen LogP) is 9.60. The molecule has 2 saturated carbocycles. The highest BCUT2D eigenvalue weighted by molar-refractivity contribution is 5.02. The van der Waals surface area contributed by atoms with Crippen molar-refractivity contribution in [3.63, 3.8) is 0 Å². The number of nitriles is 1. The van der Waals surface area contributed by atoms with Crippen LogP contribution in [0.15, 0.2) is 0 Å². The van der Waals surface area contributed by atoms with Crippen molar-refractivity contribution in [3.8, 4) is 6.07 Å². The molecule has 1 nitrogen and oxygen atoms in total. The van der Waals surface area contributed by atoms with Gasteiger partial charge in [-0.05, 0) is 62.7 Å². The fourth-order valence-corrected chi connectivity index (χ4v) is 6.31. The lowest BCUT2D eigenvalue weighted by molar-refractivity contribution is 0.114. The number of unbranched alkanes of at least 4 members (excludes halogenated alkanes) is 9. The van der Waals surface area contributed by atoms with Crippen LogP contribution in [0.5, 0.6) is 0 Å². The zero-order valence-corrected chi connectivity index (χ0v) is 20.0. The first-order chi connectivity index (χ1) is 14.2. The molecule has 1 heteroatoms. The molecule has 2 aliphatic rings. The molecule has 0 aromatic carbocycles. The van der Waals surface area contributed by atoms with Crippen molar-refractivity contribution in [3.05, 3.63) is 0 Å². The zero-order chi connectivity index (χ0) is 20.8. The van der Waals surface area contributed by atoms with Crippen molar-refractivity contribution < 1.29 is 0 Å². The van der Waals surface area contributed by atoms with Gasteiger partial charge in [0.25, 0.3) is 0 Å². The number of hydrogen-bond acceptors (Lipinski definition) is 1. The van der Waals surface area contributed by atoms with Crippen LogP contribution in [0, 0.1) is 34.5 Å². The summed E-state index contributed by atoms with van der Waals surface area (Å²) in [6, 6.07) is 2.77. The van der Waals surface area contributed by atoms with Crippen molar-refractivity contribution in [1.29, 1.82) is 5.26 Å². The van der Waals surface area contributed by atoms with E-state index in [2.05, 4.69) is 19.9 Å². The third-order valence-corrected chi connectivity index (χ3v) is 8.51. The van der Waals surface area contributed by atoms with E-state index >= 15 is 0 Å². The van der Waals surface area contributed by atoms with Gasteiger partial charge in [-0.2, -0.15) is 5.26 Å². The third-order valence-electron chi connectivity index (χ3n) is 8.51. The Balaban J connectivity index is 1.57. The van der Waals surface area contributed by atoms with Gasteiger partial charge in [0, 0.05) is 0 Å². The summed E-state index contributed by atoms with van der Waals surface area (Å²) in [5.41, 5.74) is 0.0403. The highest BCUT2D eigenvalue weighted by Gasteiger charge is 2.38. The monoisotopic (exact) mass is 401 g/mol. The molecule has 2 rings (SSSR count). The summed E-state index contributed by atoms with van der Waals surface area (Å²) in [4.78, 5) is 0. The maximum absolute atomic E-state index is 9.84. The van der Waals surface area contributed by atoms with Crippen molar-refractivity contribution in [2.75, 3.05) is 0 Å². The van der Waals surface area contributed by atoms with Crippen LogP contribution in [-0.4, -0.2) is 0 Å². The van der Waals surface area contributed by atoms with E-state index in [9.17, 15) is 5.26 Å². The van der Waals surface area contributed by atoms with Gasteiger partial charge in [-0.3, -0.25) is 0 Å². The van der Waals surface area contributed by atoms with Gasteiger partial charge < -0.3 is 0 Å². The minimum absolute atomic E-state index is 0.0403. The van der Waals surface area contributed by atoms with Crippen LogP contribution in [0.3, 0.4) is 0 Å². The summed E-state index contributed by atoms with van der Waals surface area (Å²) in [5, 5.41) is 9.84. The molecule has 2 fully saturated rings. The summed E-state index contributed by atoms with van der Waals surface area (Å²) in [6.45, 7) is 4.58. The summed E-state index contributed by atoms with van der Waals surface area (Å²) in [6.07, 6.45) is 29.1. The van der Waals surface area contributed by atoms with E-state index < -0.39 is 0 Å². The lowest BCUT2D eigenvalue weighted by Gasteiger charge is -2.41. The fourth-order valence-electron chi connectivity index (χ4n) is 6.31. The molecule has 0 N–H and O–H groups in total. The van der Waals surface area contributed by atoms with Crippen LogP contribution >= 0.6 is 0 Å². The summed E-state index contributed by atoms with van der Waals surface area (Å²) >= 11 is 0. The molecule has 0 radical (unpaired) electrons. The molecular formula is C28H51N. The minimum Gasteiger partial charge on any atom is -0.198 e. The molecular weight excluding hydrogens is 350 g/mol. The van der Waals surface area contributed by atoms with E-state index in [1.165, 1.54) is 135 Å². The zero-order valence-electron chi connectivity index (χ0n) is 20.0. The third kappa shape index (κ3) is 9.02. The van der Waals surface area contributed by atoms with Gasteiger partial charge in [-0.15, -0.1) is 0 Å². The second kappa shape index (κ2) is 14.5. The molecule has 0 aliphatic heterocycles. The van der Waals surface area contributed by atoms with Gasteiger partial charge in [-0.1, -0.05) is 104 Å². The topological polar surface area (TPSA) is 23.8 Å². The number of nitrogens with zero attached hydrogens (tertiary/aromatic N) is 1. The molecule has 0 unspecified atom stereocenters. The first-order valence-electron chi connectivity index (χ1n) is 13.6. The van der Waals surface area contributed by atoms with Gasteiger partial charge in [-0.25, -0.2) is 0 Å². The average Bonchev–Trinajstić information content (AvgIpc) is 2.77. The number of hydrogen-bond donors (Lipinski definition) is 0. The molecule has 29 heavy (non-hydrogen) atoms. The van der Waals surface area contributed by atoms with Crippen molar-refractivity contribution >= 4 is 0 Å². The van der Waals surface area contributed by atoms with E-state index in [4.69, 9.17) is 0 Å². The molecule has 0 heterocycles. The lowest BCUT2D eigenvalue weighted by Crippen LogP contribution is -2.31. The van der Waals surface area contributed by atoms with Crippen LogP contribution in [0.2, 0.25) is 0 Å². The lowest BCUT2D eigenvalue weighted by atomic mass is 9.63. The molecule has 168 valence electrons. The smallest absolute Gasteiger partial charge is 0.0689 e. The first kappa shape index (κ1) is 24.8. The molecule has 0 atom stereocenters. The first-order valence-corrected chi connectivity index (χ1v) is 13.6. The Bertz CT molecular complexity index is 432. The minimum atomic E-state index is 0.0403. The summed E-state index contributed by atoms with van der Waals surface area (Å²) in [7, 11) is 0. The Hall–Kier alpha value is -0.510. The van der Waals surface area contributed by atoms with Crippen LogP contribution < -0.4 is 0 Å². The number of rotatable bonds is 14. The maximum Gasteiger partial charge on any atom is 0.0689 e. The van der Waals surface area contributed by atoms with E-state index in [0.29, 0.717) is 0 Å². The Kier molecular flexibility index (Phi) is 12.4. The molecule has 0 amide bonds. The molecule has 0 aromatic heterocycles. The Morgan fingerprint density at radius 2 is 1.17 bits per heavy atom.